The summed E-state index contributed by atoms with van der Waals surface area (Å²) in [7, 11) is 0. The molecular weight excluding hydrogens is 859 g/mol. The van der Waals surface area contributed by atoms with Crippen molar-refractivity contribution in [3.63, 3.8) is 0 Å². The zero-order valence-corrected chi connectivity index (χ0v) is 44.7. The number of aromatic nitrogens is 2. The van der Waals surface area contributed by atoms with Crippen LogP contribution < -0.4 is 0 Å². The summed E-state index contributed by atoms with van der Waals surface area (Å²) in [4.78, 5) is 1.55. The molecule has 7 heteroatoms. The van der Waals surface area contributed by atoms with Gasteiger partial charge in [-0.2, -0.15) is 8.75 Å². The van der Waals surface area contributed by atoms with Crippen LogP contribution in [0.1, 0.15) is 270 Å². The van der Waals surface area contributed by atoms with Crippen LogP contribution in [0.4, 0.5) is 8.78 Å². The summed E-state index contributed by atoms with van der Waals surface area (Å²) in [6.07, 6.45) is 50.1. The number of hydrogen-bond donors (Lipinski definition) is 0. The Morgan fingerprint density at radius 1 is 0.385 bits per heavy atom. The molecule has 2 unspecified atom stereocenters. The Labute approximate surface area is 410 Å². The molecule has 0 radical (unpaired) electrons. The van der Waals surface area contributed by atoms with Crippen LogP contribution in [0, 0.1) is 23.5 Å². The number of rotatable bonds is 42. The highest BCUT2D eigenvalue weighted by molar-refractivity contribution is 7.14. The van der Waals surface area contributed by atoms with Gasteiger partial charge in [0.1, 0.15) is 11.0 Å². The maximum Gasteiger partial charge on any atom is 0.170 e. The maximum absolute atomic E-state index is 16.6. The van der Waals surface area contributed by atoms with Crippen molar-refractivity contribution >= 4 is 45.4 Å². The molecule has 0 fully saturated rings. The smallest absolute Gasteiger partial charge is 0.170 e. The normalized spacial score (nSPS) is 12.8. The standard InChI is InChI=1S/C58H94F2N2S3/c1-5-9-13-17-21-23-27-31-35-39-47(37-33-29-25-19-15-11-7-3)41-49-43-51(63-45-49)53-55(59)56(60)54(58-57(53)61-65-62-58)52-44-50(46-64-52)42-48(38-34-30-26-20-16-12-8-4)40-36-32-28-24-22-18-14-10-6-2/h43-48H,5-42H2,1-4H3. The summed E-state index contributed by atoms with van der Waals surface area (Å²) in [5.41, 5.74) is 4.10. The molecule has 0 spiro atoms. The van der Waals surface area contributed by atoms with Gasteiger partial charge in [0, 0.05) is 9.75 Å². The van der Waals surface area contributed by atoms with Crippen molar-refractivity contribution in [1.82, 2.24) is 8.75 Å². The van der Waals surface area contributed by atoms with E-state index in [1.807, 2.05) is 0 Å². The van der Waals surface area contributed by atoms with Crippen LogP contribution in [0.25, 0.3) is 31.9 Å². The van der Waals surface area contributed by atoms with E-state index in [1.54, 1.807) is 22.7 Å². The van der Waals surface area contributed by atoms with Gasteiger partial charge in [-0.1, -0.05) is 259 Å². The molecule has 3 heterocycles. The topological polar surface area (TPSA) is 25.8 Å². The fraction of sp³-hybridized carbons (Fsp3) is 0.759. The van der Waals surface area contributed by atoms with Crippen molar-refractivity contribution in [3.05, 3.63) is 45.7 Å². The zero-order valence-electron chi connectivity index (χ0n) is 42.2. The molecule has 0 saturated carbocycles. The van der Waals surface area contributed by atoms with Crippen molar-refractivity contribution in [3.8, 4) is 20.9 Å². The highest BCUT2D eigenvalue weighted by atomic mass is 32.1. The van der Waals surface area contributed by atoms with Crippen LogP contribution >= 0.6 is 34.4 Å². The van der Waals surface area contributed by atoms with E-state index in [9.17, 15) is 0 Å². The van der Waals surface area contributed by atoms with Gasteiger partial charge in [-0.05, 0) is 58.7 Å². The van der Waals surface area contributed by atoms with Crippen molar-refractivity contribution in [2.45, 2.75) is 272 Å². The van der Waals surface area contributed by atoms with Crippen LogP contribution in [0.15, 0.2) is 22.9 Å². The SMILES string of the molecule is CCCCCCCCCCCC(CCCCCCCCC)Cc1csc(-c2c(F)c(F)c(-c3cc(CC(CCCCCCCCC)CCCCCCCCCCC)cs3)c3nsnc23)c1. The fourth-order valence-electron chi connectivity index (χ4n) is 10.3. The van der Waals surface area contributed by atoms with Crippen molar-refractivity contribution in [2.75, 3.05) is 0 Å². The predicted octanol–water partition coefficient (Wildman–Crippen LogP) is 21.9. The minimum atomic E-state index is -0.778. The van der Waals surface area contributed by atoms with Crippen molar-refractivity contribution in [2.24, 2.45) is 11.8 Å². The van der Waals surface area contributed by atoms with E-state index in [1.165, 1.54) is 242 Å². The molecular formula is C58H94F2N2S3. The average Bonchev–Trinajstić information content (AvgIpc) is 4.10. The highest BCUT2D eigenvalue weighted by Gasteiger charge is 2.27. The second-order valence-electron chi connectivity index (χ2n) is 20.2. The molecule has 3 aromatic heterocycles. The van der Waals surface area contributed by atoms with Crippen LogP contribution in [0.2, 0.25) is 0 Å². The molecule has 0 bridgehead atoms. The lowest BCUT2D eigenvalue weighted by atomic mass is 9.89. The molecule has 0 aliphatic heterocycles. The van der Waals surface area contributed by atoms with Crippen LogP contribution in [-0.4, -0.2) is 8.75 Å². The van der Waals surface area contributed by atoms with E-state index in [-0.39, 0.29) is 0 Å². The Bertz CT molecular complexity index is 1630. The van der Waals surface area contributed by atoms with E-state index >= 15 is 8.78 Å². The summed E-state index contributed by atoms with van der Waals surface area (Å²) in [6, 6.07) is 4.27. The quantitative estimate of drug-likeness (QED) is 0.0414. The first-order chi connectivity index (χ1) is 32.0. The highest BCUT2D eigenvalue weighted by Crippen LogP contribution is 2.44. The first-order valence-electron chi connectivity index (χ1n) is 27.8. The molecule has 0 aliphatic rings. The third-order valence-corrected chi connectivity index (χ3v) is 16.8. The van der Waals surface area contributed by atoms with Gasteiger partial charge >= 0.3 is 0 Å². The number of hydrogen-bond acceptors (Lipinski definition) is 5. The first kappa shape index (κ1) is 55.9. The number of fused-ring (bicyclic) bond motifs is 1. The fourth-order valence-corrected chi connectivity index (χ4v) is 12.7. The average molecular weight is 954 g/mol. The summed E-state index contributed by atoms with van der Waals surface area (Å²) >= 11 is 4.15. The first-order valence-corrected chi connectivity index (χ1v) is 30.3. The molecule has 368 valence electrons. The third kappa shape index (κ3) is 21.6. The van der Waals surface area contributed by atoms with Gasteiger partial charge in [0.25, 0.3) is 0 Å². The van der Waals surface area contributed by atoms with Crippen LogP contribution in [0.5, 0.6) is 0 Å². The maximum atomic E-state index is 16.6. The summed E-state index contributed by atoms with van der Waals surface area (Å²) in [5, 5.41) is 4.40. The Kier molecular flexibility index (Phi) is 30.5. The lowest BCUT2D eigenvalue weighted by Gasteiger charge is -2.17. The van der Waals surface area contributed by atoms with Crippen molar-refractivity contribution in [1.29, 1.82) is 0 Å². The zero-order chi connectivity index (χ0) is 46.2. The Morgan fingerprint density at radius 3 is 0.923 bits per heavy atom. The van der Waals surface area contributed by atoms with E-state index in [0.717, 1.165) is 34.3 Å². The molecule has 2 nitrogen and oxygen atoms in total. The van der Waals surface area contributed by atoms with E-state index in [0.29, 0.717) is 34.0 Å². The Balaban J connectivity index is 1.41. The van der Waals surface area contributed by atoms with Gasteiger partial charge in [-0.25, -0.2) is 8.78 Å². The lowest BCUT2D eigenvalue weighted by molar-refractivity contribution is 0.400. The molecule has 0 aliphatic carbocycles. The molecule has 0 amide bonds. The van der Waals surface area contributed by atoms with Crippen LogP contribution in [-0.2, 0) is 12.8 Å². The Morgan fingerprint density at radius 2 is 0.646 bits per heavy atom. The molecule has 4 aromatic rings. The number of halogens is 2. The van der Waals surface area contributed by atoms with E-state index in [2.05, 4.69) is 59.3 Å². The van der Waals surface area contributed by atoms with Gasteiger partial charge in [0.15, 0.2) is 11.6 Å². The molecule has 4 rings (SSSR count). The van der Waals surface area contributed by atoms with Gasteiger partial charge < -0.3 is 0 Å². The van der Waals surface area contributed by atoms with Gasteiger partial charge in [-0.3, -0.25) is 0 Å². The molecule has 0 N–H and O–H groups in total. The van der Waals surface area contributed by atoms with E-state index in [4.69, 9.17) is 0 Å². The molecule has 2 atom stereocenters. The molecule has 1 aromatic carbocycles. The number of nitrogens with zero attached hydrogens (tertiary/aromatic N) is 2. The predicted molar refractivity (Wildman–Crippen MR) is 287 cm³/mol. The lowest BCUT2D eigenvalue weighted by Crippen LogP contribution is -2.05. The minimum absolute atomic E-state index is 0.293. The van der Waals surface area contributed by atoms with Crippen LogP contribution in [0.3, 0.4) is 0 Å². The second kappa shape index (κ2) is 35.4. The van der Waals surface area contributed by atoms with Crippen molar-refractivity contribution < 1.29 is 8.78 Å². The van der Waals surface area contributed by atoms with Gasteiger partial charge in [0.2, 0.25) is 0 Å². The summed E-state index contributed by atoms with van der Waals surface area (Å²) in [6.45, 7) is 9.15. The largest absolute Gasteiger partial charge is 0.203 e. The second-order valence-corrected chi connectivity index (χ2v) is 22.5. The number of benzene rings is 1. The minimum Gasteiger partial charge on any atom is -0.203 e. The summed E-state index contributed by atoms with van der Waals surface area (Å²) < 4.78 is 42.4. The number of unbranched alkanes of at least 4 members (excludes halogenated alkanes) is 28. The number of thiophene rings is 2. The van der Waals surface area contributed by atoms with E-state index < -0.39 is 11.6 Å². The van der Waals surface area contributed by atoms with Gasteiger partial charge in [0.05, 0.1) is 22.9 Å². The molecule has 0 saturated heterocycles. The summed E-state index contributed by atoms with van der Waals surface area (Å²) in [5.74, 6) is -0.285. The monoisotopic (exact) mass is 953 g/mol. The molecule has 65 heavy (non-hydrogen) atoms. The Hall–Kier alpha value is -1.70. The van der Waals surface area contributed by atoms with Gasteiger partial charge in [-0.15, -0.1) is 22.7 Å². The third-order valence-electron chi connectivity index (χ3n) is 14.3.